The Hall–Kier alpha value is -2.61. The predicted molar refractivity (Wildman–Crippen MR) is 84.3 cm³/mol. The Morgan fingerprint density at radius 3 is 2.41 bits per heavy atom. The van der Waals surface area contributed by atoms with Crippen LogP contribution in [0.4, 0.5) is 0 Å². The number of aliphatic hydroxyl groups is 2. The second-order valence-corrected chi connectivity index (χ2v) is 5.18. The quantitative estimate of drug-likeness (QED) is 0.776. The lowest BCUT2D eigenvalue weighted by molar-refractivity contribution is 0.0653. The van der Waals surface area contributed by atoms with Gasteiger partial charge >= 0.3 is 0 Å². The van der Waals surface area contributed by atoms with Crippen molar-refractivity contribution in [3.63, 3.8) is 0 Å². The van der Waals surface area contributed by atoms with Gasteiger partial charge in [0.15, 0.2) is 0 Å². The maximum Gasteiger partial charge on any atom is 0.102 e. The first-order valence-electron chi connectivity index (χ1n) is 7.10. The van der Waals surface area contributed by atoms with E-state index in [2.05, 4.69) is 6.07 Å². The number of fused-ring (bicyclic) bond motifs is 1. The van der Waals surface area contributed by atoms with Gasteiger partial charge in [-0.2, -0.15) is 5.26 Å². The van der Waals surface area contributed by atoms with E-state index in [1.54, 1.807) is 6.20 Å². The monoisotopic (exact) mass is 292 g/mol. The normalized spacial score (nSPS) is 13.7. The molecule has 0 fully saturated rings. The standard InChI is InChI=1S/C18H16N2O2/c19-10-14-11-20(16-9-5-4-8-15(14)16)18(17(22)12-21)13-6-2-1-3-7-13/h1-9,11,17-18,21-22H,12H2. The maximum absolute atomic E-state index is 10.3. The molecule has 22 heavy (non-hydrogen) atoms. The topological polar surface area (TPSA) is 69.2 Å². The molecule has 0 aliphatic carbocycles. The third-order valence-corrected chi connectivity index (χ3v) is 3.85. The predicted octanol–water partition coefficient (Wildman–Crippen LogP) is 2.46. The number of aromatic nitrogens is 1. The molecule has 1 aromatic heterocycles. The summed E-state index contributed by atoms with van der Waals surface area (Å²) in [7, 11) is 0. The number of benzene rings is 2. The van der Waals surface area contributed by atoms with Crippen molar-refractivity contribution < 1.29 is 10.2 Å². The third-order valence-electron chi connectivity index (χ3n) is 3.85. The Kier molecular flexibility index (Phi) is 3.92. The molecule has 0 radical (unpaired) electrons. The van der Waals surface area contributed by atoms with Gasteiger partial charge in [0.05, 0.1) is 23.7 Å². The van der Waals surface area contributed by atoms with Gasteiger partial charge in [-0.15, -0.1) is 0 Å². The van der Waals surface area contributed by atoms with Crippen LogP contribution in [-0.4, -0.2) is 27.5 Å². The van der Waals surface area contributed by atoms with Gasteiger partial charge in [-0.1, -0.05) is 48.5 Å². The molecule has 0 aliphatic heterocycles. The van der Waals surface area contributed by atoms with Gasteiger partial charge < -0.3 is 14.8 Å². The highest BCUT2D eigenvalue weighted by Gasteiger charge is 2.24. The van der Waals surface area contributed by atoms with Gasteiger partial charge in [-0.05, 0) is 11.6 Å². The lowest BCUT2D eigenvalue weighted by atomic mass is 10.0. The lowest BCUT2D eigenvalue weighted by Crippen LogP contribution is -2.28. The summed E-state index contributed by atoms with van der Waals surface area (Å²) in [6, 6.07) is 18.8. The lowest BCUT2D eigenvalue weighted by Gasteiger charge is -2.24. The first kappa shape index (κ1) is 14.3. The van der Waals surface area contributed by atoms with E-state index in [0.29, 0.717) is 5.56 Å². The minimum atomic E-state index is -0.954. The van der Waals surface area contributed by atoms with Crippen molar-refractivity contribution in [1.82, 2.24) is 4.57 Å². The largest absolute Gasteiger partial charge is 0.394 e. The molecule has 0 saturated heterocycles. The molecule has 0 amide bonds. The van der Waals surface area contributed by atoms with E-state index in [9.17, 15) is 15.5 Å². The van der Waals surface area contributed by atoms with E-state index >= 15 is 0 Å². The van der Waals surface area contributed by atoms with Crippen molar-refractivity contribution in [1.29, 1.82) is 5.26 Å². The highest BCUT2D eigenvalue weighted by Crippen LogP contribution is 2.30. The number of rotatable bonds is 4. The number of hydrogen-bond donors (Lipinski definition) is 2. The van der Waals surface area contributed by atoms with Gasteiger partial charge in [0, 0.05) is 11.6 Å². The van der Waals surface area contributed by atoms with Crippen LogP contribution in [0.2, 0.25) is 0 Å². The summed E-state index contributed by atoms with van der Waals surface area (Å²) in [6.45, 7) is -0.353. The molecule has 4 heteroatoms. The first-order valence-corrected chi connectivity index (χ1v) is 7.10. The fourth-order valence-electron chi connectivity index (χ4n) is 2.84. The Labute approximate surface area is 128 Å². The highest BCUT2D eigenvalue weighted by atomic mass is 16.3. The molecule has 0 saturated carbocycles. The molecule has 2 atom stereocenters. The average Bonchev–Trinajstić information content (AvgIpc) is 2.95. The van der Waals surface area contributed by atoms with Crippen LogP contribution in [0.3, 0.4) is 0 Å². The molecular formula is C18H16N2O2. The van der Waals surface area contributed by atoms with Crippen molar-refractivity contribution in [2.45, 2.75) is 12.1 Å². The van der Waals surface area contributed by atoms with Crippen molar-refractivity contribution in [2.75, 3.05) is 6.61 Å². The maximum atomic E-state index is 10.3. The molecular weight excluding hydrogens is 276 g/mol. The van der Waals surface area contributed by atoms with Crippen molar-refractivity contribution in [3.05, 3.63) is 71.9 Å². The second kappa shape index (κ2) is 6.02. The summed E-state index contributed by atoms with van der Waals surface area (Å²) in [6.07, 6.45) is 0.783. The zero-order valence-corrected chi connectivity index (χ0v) is 11.9. The van der Waals surface area contributed by atoms with Crippen molar-refractivity contribution in [3.8, 4) is 6.07 Å². The minimum absolute atomic E-state index is 0.353. The zero-order chi connectivity index (χ0) is 15.5. The van der Waals surface area contributed by atoms with Crippen LogP contribution in [0.15, 0.2) is 60.8 Å². The van der Waals surface area contributed by atoms with Gasteiger partial charge in [-0.3, -0.25) is 0 Å². The van der Waals surface area contributed by atoms with Gasteiger partial charge in [0.1, 0.15) is 12.2 Å². The minimum Gasteiger partial charge on any atom is -0.394 e. The number of nitriles is 1. The highest BCUT2D eigenvalue weighted by molar-refractivity contribution is 5.86. The average molecular weight is 292 g/mol. The summed E-state index contributed by atoms with van der Waals surface area (Å²) in [4.78, 5) is 0. The molecule has 4 nitrogen and oxygen atoms in total. The molecule has 2 unspecified atom stereocenters. The van der Waals surface area contributed by atoms with Crippen LogP contribution < -0.4 is 0 Å². The van der Waals surface area contributed by atoms with Crippen LogP contribution in [-0.2, 0) is 0 Å². The fourth-order valence-corrected chi connectivity index (χ4v) is 2.84. The summed E-state index contributed by atoms with van der Waals surface area (Å²) in [5.74, 6) is 0. The van der Waals surface area contributed by atoms with E-state index in [0.717, 1.165) is 16.5 Å². The van der Waals surface area contributed by atoms with Crippen LogP contribution in [0.25, 0.3) is 10.9 Å². The molecule has 110 valence electrons. The Balaban J connectivity index is 2.23. The summed E-state index contributed by atoms with van der Waals surface area (Å²) < 4.78 is 1.87. The SMILES string of the molecule is N#Cc1cn(C(c2ccccc2)C(O)CO)c2ccccc12. The molecule has 3 aromatic rings. The van der Waals surface area contributed by atoms with E-state index in [4.69, 9.17) is 0 Å². The number of para-hydroxylation sites is 1. The van der Waals surface area contributed by atoms with Gasteiger partial charge in [-0.25, -0.2) is 0 Å². The second-order valence-electron chi connectivity index (χ2n) is 5.18. The molecule has 0 aliphatic rings. The number of hydrogen-bond acceptors (Lipinski definition) is 3. The van der Waals surface area contributed by atoms with Gasteiger partial charge in [0.2, 0.25) is 0 Å². The first-order chi connectivity index (χ1) is 10.8. The van der Waals surface area contributed by atoms with E-state index in [1.165, 1.54) is 0 Å². The molecule has 3 rings (SSSR count). The molecule has 2 aromatic carbocycles. The van der Waals surface area contributed by atoms with Crippen LogP contribution in [0.5, 0.6) is 0 Å². The molecule has 0 spiro atoms. The summed E-state index contributed by atoms with van der Waals surface area (Å²) >= 11 is 0. The van der Waals surface area contributed by atoms with E-state index in [1.807, 2.05) is 59.2 Å². The van der Waals surface area contributed by atoms with E-state index in [-0.39, 0.29) is 6.61 Å². The van der Waals surface area contributed by atoms with Crippen LogP contribution in [0.1, 0.15) is 17.2 Å². The Morgan fingerprint density at radius 1 is 1.05 bits per heavy atom. The van der Waals surface area contributed by atoms with Crippen molar-refractivity contribution in [2.24, 2.45) is 0 Å². The zero-order valence-electron chi connectivity index (χ0n) is 11.9. The van der Waals surface area contributed by atoms with Crippen LogP contribution >= 0.6 is 0 Å². The molecule has 2 N–H and O–H groups in total. The smallest absolute Gasteiger partial charge is 0.102 e. The van der Waals surface area contributed by atoms with Gasteiger partial charge in [0.25, 0.3) is 0 Å². The summed E-state index contributed by atoms with van der Waals surface area (Å²) in [5, 5.41) is 29.9. The molecule has 1 heterocycles. The number of nitrogens with zero attached hydrogens (tertiary/aromatic N) is 2. The Morgan fingerprint density at radius 2 is 1.73 bits per heavy atom. The Bertz CT molecular complexity index is 818. The van der Waals surface area contributed by atoms with E-state index < -0.39 is 12.1 Å². The number of aliphatic hydroxyl groups excluding tert-OH is 2. The summed E-state index contributed by atoms with van der Waals surface area (Å²) in [5.41, 5.74) is 2.30. The fraction of sp³-hybridized carbons (Fsp3) is 0.167. The molecule has 0 bridgehead atoms. The third kappa shape index (κ3) is 2.37. The van der Waals surface area contributed by atoms with Crippen molar-refractivity contribution >= 4 is 10.9 Å². The van der Waals surface area contributed by atoms with Crippen LogP contribution in [0, 0.1) is 11.3 Å².